The number of hydrogen-bond donors (Lipinski definition) is 0. The van der Waals surface area contributed by atoms with Crippen LogP contribution in [0.2, 0.25) is 0 Å². The van der Waals surface area contributed by atoms with Crippen molar-refractivity contribution in [1.29, 1.82) is 0 Å². The predicted molar refractivity (Wildman–Crippen MR) is 94.3 cm³/mol. The first-order valence-corrected chi connectivity index (χ1v) is 9.47. The van der Waals surface area contributed by atoms with Crippen LogP contribution in [-0.2, 0) is 0 Å². The standard InChI is InChI=1S/C20H40/c1-4-6-8-10-11-12-13-14-15-17-19-20(3)18-16-9-7-5-2/h17,19-20H,4-16,18H2,1-3H3. The van der Waals surface area contributed by atoms with Crippen molar-refractivity contribution in [3.05, 3.63) is 12.2 Å². The molecule has 0 aromatic heterocycles. The van der Waals surface area contributed by atoms with E-state index < -0.39 is 0 Å². The first-order valence-electron chi connectivity index (χ1n) is 9.47. The lowest BCUT2D eigenvalue weighted by atomic mass is 10.0. The highest BCUT2D eigenvalue weighted by Gasteiger charge is 1.96. The molecule has 0 amide bonds. The average Bonchev–Trinajstić information content (AvgIpc) is 2.45. The summed E-state index contributed by atoms with van der Waals surface area (Å²) in [5.74, 6) is 0.792. The summed E-state index contributed by atoms with van der Waals surface area (Å²) in [7, 11) is 0. The van der Waals surface area contributed by atoms with E-state index in [1.807, 2.05) is 0 Å². The van der Waals surface area contributed by atoms with E-state index in [9.17, 15) is 0 Å². The second-order valence-electron chi connectivity index (χ2n) is 6.52. The van der Waals surface area contributed by atoms with Gasteiger partial charge in [-0.05, 0) is 25.2 Å². The number of hydrogen-bond acceptors (Lipinski definition) is 0. The highest BCUT2D eigenvalue weighted by atomic mass is 14.0. The lowest BCUT2D eigenvalue weighted by Crippen LogP contribution is -1.89. The van der Waals surface area contributed by atoms with Crippen molar-refractivity contribution < 1.29 is 0 Å². The van der Waals surface area contributed by atoms with E-state index in [0.717, 1.165) is 5.92 Å². The van der Waals surface area contributed by atoms with E-state index in [-0.39, 0.29) is 0 Å². The van der Waals surface area contributed by atoms with Crippen molar-refractivity contribution in [1.82, 2.24) is 0 Å². The number of unbranched alkanes of at least 4 members (excludes halogenated alkanes) is 11. The van der Waals surface area contributed by atoms with Gasteiger partial charge < -0.3 is 0 Å². The Balaban J connectivity index is 3.21. The van der Waals surface area contributed by atoms with Gasteiger partial charge in [-0.25, -0.2) is 0 Å². The van der Waals surface area contributed by atoms with Crippen molar-refractivity contribution in [2.75, 3.05) is 0 Å². The van der Waals surface area contributed by atoms with Crippen LogP contribution in [0.3, 0.4) is 0 Å². The molecule has 0 heteroatoms. The first-order chi connectivity index (χ1) is 9.81. The van der Waals surface area contributed by atoms with Gasteiger partial charge in [-0.3, -0.25) is 0 Å². The molecule has 0 heterocycles. The van der Waals surface area contributed by atoms with Crippen molar-refractivity contribution in [3.63, 3.8) is 0 Å². The molecule has 20 heavy (non-hydrogen) atoms. The Labute approximate surface area is 129 Å². The van der Waals surface area contributed by atoms with Crippen LogP contribution < -0.4 is 0 Å². The molecule has 0 aliphatic carbocycles. The molecule has 0 radical (unpaired) electrons. The maximum Gasteiger partial charge on any atom is -0.0262 e. The summed E-state index contributed by atoms with van der Waals surface area (Å²) in [6.45, 7) is 6.94. The van der Waals surface area contributed by atoms with Gasteiger partial charge in [0.05, 0.1) is 0 Å². The number of rotatable bonds is 15. The zero-order chi connectivity index (χ0) is 14.9. The van der Waals surface area contributed by atoms with Gasteiger partial charge in [-0.2, -0.15) is 0 Å². The Morgan fingerprint density at radius 3 is 1.75 bits per heavy atom. The third kappa shape index (κ3) is 15.8. The SMILES string of the molecule is CCCCCCCCCCC=CC(C)CCCCCC. The van der Waals surface area contributed by atoms with Gasteiger partial charge in [-0.15, -0.1) is 0 Å². The molecule has 0 nitrogen and oxygen atoms in total. The van der Waals surface area contributed by atoms with Crippen LogP contribution in [-0.4, -0.2) is 0 Å². The molecule has 0 aromatic carbocycles. The number of allylic oxidation sites excluding steroid dienone is 2. The van der Waals surface area contributed by atoms with E-state index in [2.05, 4.69) is 32.9 Å². The maximum atomic E-state index is 2.45. The summed E-state index contributed by atoms with van der Waals surface area (Å²) in [6.07, 6.45) is 24.6. The summed E-state index contributed by atoms with van der Waals surface area (Å²) < 4.78 is 0. The molecule has 0 rings (SSSR count). The molecule has 0 aromatic rings. The summed E-state index contributed by atoms with van der Waals surface area (Å²) in [6, 6.07) is 0. The Morgan fingerprint density at radius 2 is 1.15 bits per heavy atom. The molecular weight excluding hydrogens is 240 g/mol. The zero-order valence-corrected chi connectivity index (χ0v) is 14.6. The van der Waals surface area contributed by atoms with Gasteiger partial charge in [0.15, 0.2) is 0 Å². The molecule has 0 aliphatic heterocycles. The van der Waals surface area contributed by atoms with Crippen LogP contribution in [0.5, 0.6) is 0 Å². The van der Waals surface area contributed by atoms with Crippen molar-refractivity contribution >= 4 is 0 Å². The highest BCUT2D eigenvalue weighted by molar-refractivity contribution is 4.86. The van der Waals surface area contributed by atoms with E-state index in [1.54, 1.807) is 0 Å². The first kappa shape index (κ1) is 19.7. The molecule has 0 aliphatic rings. The van der Waals surface area contributed by atoms with E-state index in [1.165, 1.54) is 89.9 Å². The van der Waals surface area contributed by atoms with Crippen LogP contribution >= 0.6 is 0 Å². The summed E-state index contributed by atoms with van der Waals surface area (Å²) in [5.41, 5.74) is 0. The quantitative estimate of drug-likeness (QED) is 0.213. The fraction of sp³-hybridized carbons (Fsp3) is 0.900. The van der Waals surface area contributed by atoms with E-state index in [0.29, 0.717) is 0 Å². The third-order valence-corrected chi connectivity index (χ3v) is 4.20. The molecular formula is C20H40. The van der Waals surface area contributed by atoms with Gasteiger partial charge in [0.2, 0.25) is 0 Å². The average molecular weight is 281 g/mol. The Bertz CT molecular complexity index is 192. The lowest BCUT2D eigenvalue weighted by molar-refractivity contribution is 0.558. The Kier molecular flexibility index (Phi) is 16.6. The normalized spacial score (nSPS) is 13.2. The van der Waals surface area contributed by atoms with Crippen molar-refractivity contribution in [3.8, 4) is 0 Å². The van der Waals surface area contributed by atoms with Gasteiger partial charge >= 0.3 is 0 Å². The second kappa shape index (κ2) is 16.8. The molecule has 0 spiro atoms. The topological polar surface area (TPSA) is 0 Å². The predicted octanol–water partition coefficient (Wildman–Crippen LogP) is 7.68. The molecule has 0 saturated heterocycles. The minimum absolute atomic E-state index is 0.792. The van der Waals surface area contributed by atoms with E-state index in [4.69, 9.17) is 0 Å². The zero-order valence-electron chi connectivity index (χ0n) is 14.6. The van der Waals surface area contributed by atoms with Gasteiger partial charge in [0.25, 0.3) is 0 Å². The summed E-state index contributed by atoms with van der Waals surface area (Å²) in [5, 5.41) is 0. The highest BCUT2D eigenvalue weighted by Crippen LogP contribution is 2.13. The van der Waals surface area contributed by atoms with Crippen LogP contribution in [0.1, 0.15) is 111 Å². The fourth-order valence-corrected chi connectivity index (χ4v) is 2.71. The van der Waals surface area contributed by atoms with Gasteiger partial charge in [-0.1, -0.05) is 104 Å². The molecule has 120 valence electrons. The van der Waals surface area contributed by atoms with Gasteiger partial charge in [0.1, 0.15) is 0 Å². The van der Waals surface area contributed by atoms with Gasteiger partial charge in [0, 0.05) is 0 Å². The van der Waals surface area contributed by atoms with Crippen LogP contribution in [0.15, 0.2) is 12.2 Å². The van der Waals surface area contributed by atoms with Crippen molar-refractivity contribution in [2.45, 2.75) is 111 Å². The minimum Gasteiger partial charge on any atom is -0.0883 e. The Hall–Kier alpha value is -0.260. The smallest absolute Gasteiger partial charge is 0.0262 e. The molecule has 0 saturated carbocycles. The largest absolute Gasteiger partial charge is 0.0883 e. The second-order valence-corrected chi connectivity index (χ2v) is 6.52. The maximum absolute atomic E-state index is 2.45. The molecule has 0 bridgehead atoms. The van der Waals surface area contributed by atoms with Crippen LogP contribution in [0.4, 0.5) is 0 Å². The fourth-order valence-electron chi connectivity index (χ4n) is 2.71. The molecule has 1 atom stereocenters. The van der Waals surface area contributed by atoms with E-state index >= 15 is 0 Å². The molecule has 1 unspecified atom stereocenters. The third-order valence-electron chi connectivity index (χ3n) is 4.20. The molecule has 0 N–H and O–H groups in total. The van der Waals surface area contributed by atoms with Crippen LogP contribution in [0.25, 0.3) is 0 Å². The monoisotopic (exact) mass is 280 g/mol. The summed E-state index contributed by atoms with van der Waals surface area (Å²) >= 11 is 0. The van der Waals surface area contributed by atoms with Crippen molar-refractivity contribution in [2.24, 2.45) is 5.92 Å². The molecule has 0 fully saturated rings. The Morgan fingerprint density at radius 1 is 0.650 bits per heavy atom. The summed E-state index contributed by atoms with van der Waals surface area (Å²) in [4.78, 5) is 0. The minimum atomic E-state index is 0.792. The van der Waals surface area contributed by atoms with Crippen LogP contribution in [0, 0.1) is 5.92 Å². The lowest BCUT2D eigenvalue weighted by Gasteiger charge is -2.05.